The molecule has 0 aliphatic heterocycles. The summed E-state index contributed by atoms with van der Waals surface area (Å²) in [6, 6.07) is 10.8. The molecule has 5 heteroatoms. The predicted octanol–water partition coefficient (Wildman–Crippen LogP) is 1.67. The molecule has 0 saturated heterocycles. The number of nitrogens with one attached hydrogen (secondary N) is 1. The van der Waals surface area contributed by atoms with Crippen LogP contribution in [0.3, 0.4) is 0 Å². The van der Waals surface area contributed by atoms with E-state index in [0.29, 0.717) is 31.6 Å². The molecule has 0 atom stereocenters. The van der Waals surface area contributed by atoms with Gasteiger partial charge in [0, 0.05) is 18.5 Å². The van der Waals surface area contributed by atoms with Crippen LogP contribution in [0.1, 0.15) is 16.8 Å². The van der Waals surface area contributed by atoms with E-state index in [1.807, 2.05) is 24.3 Å². The number of carbonyl (C=O) groups is 1. The summed E-state index contributed by atoms with van der Waals surface area (Å²) in [6.07, 6.45) is 0.653. The number of hydrogen-bond acceptors (Lipinski definition) is 4. The van der Waals surface area contributed by atoms with Gasteiger partial charge in [0.2, 0.25) is 0 Å². The van der Waals surface area contributed by atoms with Gasteiger partial charge >= 0.3 is 0 Å². The van der Waals surface area contributed by atoms with Crippen molar-refractivity contribution in [2.24, 2.45) is 0 Å². The Morgan fingerprint density at radius 1 is 1.14 bits per heavy atom. The molecule has 2 rings (SSSR count). The van der Waals surface area contributed by atoms with E-state index >= 15 is 0 Å². The lowest BCUT2D eigenvalue weighted by Gasteiger charge is -2.09. The van der Waals surface area contributed by atoms with Crippen molar-refractivity contribution in [2.45, 2.75) is 6.42 Å². The summed E-state index contributed by atoms with van der Waals surface area (Å²) in [7, 11) is 0. The van der Waals surface area contributed by atoms with E-state index in [2.05, 4.69) is 5.32 Å². The first-order chi connectivity index (χ1) is 10.2. The number of aliphatic hydroxyl groups excluding tert-OH is 1. The van der Waals surface area contributed by atoms with Gasteiger partial charge in [-0.2, -0.15) is 0 Å². The van der Waals surface area contributed by atoms with Crippen molar-refractivity contribution in [2.75, 3.05) is 26.4 Å². The molecule has 2 aromatic carbocycles. The number of fused-ring (bicyclic) bond motifs is 1. The van der Waals surface area contributed by atoms with Crippen LogP contribution in [-0.2, 0) is 4.74 Å². The Balaban J connectivity index is 1.95. The molecule has 0 spiro atoms. The Hall–Kier alpha value is -2.11. The monoisotopic (exact) mass is 289 g/mol. The van der Waals surface area contributed by atoms with Gasteiger partial charge in [0.05, 0.1) is 18.8 Å². The third kappa shape index (κ3) is 3.93. The van der Waals surface area contributed by atoms with E-state index in [0.717, 1.165) is 5.39 Å². The van der Waals surface area contributed by atoms with Crippen molar-refractivity contribution in [1.82, 2.24) is 5.32 Å². The molecule has 3 N–H and O–H groups in total. The maximum atomic E-state index is 12.0. The number of ether oxygens (including phenoxy) is 1. The van der Waals surface area contributed by atoms with E-state index in [1.54, 1.807) is 12.1 Å². The Bertz CT molecular complexity index is 612. The molecule has 2 aromatic rings. The average Bonchev–Trinajstić information content (AvgIpc) is 2.51. The summed E-state index contributed by atoms with van der Waals surface area (Å²) in [5.41, 5.74) is 0.268. The Morgan fingerprint density at radius 2 is 1.95 bits per heavy atom. The number of hydrogen-bond donors (Lipinski definition) is 3. The molecule has 0 bridgehead atoms. The number of carbonyl (C=O) groups excluding carboxylic acids is 1. The fraction of sp³-hybridized carbons (Fsp3) is 0.312. The van der Waals surface area contributed by atoms with E-state index in [4.69, 9.17) is 9.84 Å². The molecule has 0 aromatic heterocycles. The van der Waals surface area contributed by atoms with Crippen LogP contribution < -0.4 is 5.32 Å². The van der Waals surface area contributed by atoms with E-state index in [-0.39, 0.29) is 23.8 Å². The second-order valence-corrected chi connectivity index (χ2v) is 4.63. The third-order valence-electron chi connectivity index (χ3n) is 3.13. The lowest BCUT2D eigenvalue weighted by molar-refractivity contribution is 0.0867. The van der Waals surface area contributed by atoms with Crippen LogP contribution in [0.4, 0.5) is 0 Å². The second kappa shape index (κ2) is 7.61. The molecular weight excluding hydrogens is 270 g/mol. The highest BCUT2D eigenvalue weighted by molar-refractivity contribution is 6.03. The summed E-state index contributed by atoms with van der Waals surface area (Å²) < 4.78 is 5.10. The summed E-state index contributed by atoms with van der Waals surface area (Å²) in [5, 5.41) is 23.0. The number of phenolic OH excluding ortho intramolecular Hbond substituents is 1. The van der Waals surface area contributed by atoms with E-state index < -0.39 is 0 Å². The van der Waals surface area contributed by atoms with Crippen molar-refractivity contribution in [1.29, 1.82) is 0 Å². The smallest absolute Gasteiger partial charge is 0.255 e. The number of aliphatic hydroxyl groups is 1. The zero-order valence-electron chi connectivity index (χ0n) is 11.7. The summed E-state index contributed by atoms with van der Waals surface area (Å²) in [6.45, 7) is 1.23. The van der Waals surface area contributed by atoms with E-state index in [1.165, 1.54) is 0 Å². The molecule has 1 amide bonds. The molecule has 0 unspecified atom stereocenters. The predicted molar refractivity (Wildman–Crippen MR) is 80.5 cm³/mol. The highest BCUT2D eigenvalue weighted by Crippen LogP contribution is 2.28. The van der Waals surface area contributed by atoms with Crippen LogP contribution in [0.15, 0.2) is 36.4 Å². The summed E-state index contributed by atoms with van der Waals surface area (Å²) in [4.78, 5) is 12.0. The van der Waals surface area contributed by atoms with Gasteiger partial charge in [-0.25, -0.2) is 0 Å². The molecule has 0 saturated carbocycles. The minimum Gasteiger partial charge on any atom is -0.506 e. The Morgan fingerprint density at radius 3 is 2.76 bits per heavy atom. The number of rotatable bonds is 7. The Kier molecular flexibility index (Phi) is 5.54. The molecule has 0 aliphatic rings. The highest BCUT2D eigenvalue weighted by Gasteiger charge is 2.12. The van der Waals surface area contributed by atoms with Gasteiger partial charge < -0.3 is 20.3 Å². The number of benzene rings is 2. The molecule has 112 valence electrons. The van der Waals surface area contributed by atoms with Gasteiger partial charge in [0.1, 0.15) is 5.75 Å². The number of phenols is 1. The normalized spacial score (nSPS) is 10.7. The molecule has 0 radical (unpaired) electrons. The summed E-state index contributed by atoms with van der Waals surface area (Å²) >= 11 is 0. The topological polar surface area (TPSA) is 78.8 Å². The zero-order chi connectivity index (χ0) is 15.1. The standard InChI is InChI=1S/C16H19NO4/c18-9-11-21-10-3-8-17-16(20)14-7-6-12-4-1-2-5-13(12)15(14)19/h1-2,4-7,18-19H,3,8-11H2,(H,17,20). The average molecular weight is 289 g/mol. The lowest BCUT2D eigenvalue weighted by Crippen LogP contribution is -2.25. The van der Waals surface area contributed by atoms with Crippen LogP contribution in [0.2, 0.25) is 0 Å². The minimum atomic E-state index is -0.305. The zero-order valence-corrected chi connectivity index (χ0v) is 11.7. The number of aromatic hydroxyl groups is 1. The van der Waals surface area contributed by atoms with Gasteiger partial charge in [0.15, 0.2) is 0 Å². The first kappa shape index (κ1) is 15.3. The van der Waals surface area contributed by atoms with Crippen LogP contribution in [0.25, 0.3) is 10.8 Å². The summed E-state index contributed by atoms with van der Waals surface area (Å²) in [5.74, 6) is -0.303. The van der Waals surface area contributed by atoms with Crippen LogP contribution in [-0.4, -0.2) is 42.5 Å². The van der Waals surface area contributed by atoms with Crippen LogP contribution >= 0.6 is 0 Å². The first-order valence-corrected chi connectivity index (χ1v) is 6.91. The quantitative estimate of drug-likeness (QED) is 0.678. The van der Waals surface area contributed by atoms with Gasteiger partial charge in [-0.3, -0.25) is 4.79 Å². The van der Waals surface area contributed by atoms with Crippen molar-refractivity contribution in [3.8, 4) is 5.75 Å². The first-order valence-electron chi connectivity index (χ1n) is 6.91. The lowest BCUT2D eigenvalue weighted by atomic mass is 10.0. The van der Waals surface area contributed by atoms with Gasteiger partial charge in [-0.15, -0.1) is 0 Å². The number of amides is 1. The molecular formula is C16H19NO4. The molecule has 0 fully saturated rings. The van der Waals surface area contributed by atoms with Crippen LogP contribution in [0.5, 0.6) is 5.75 Å². The Labute approximate surface area is 123 Å². The SMILES string of the molecule is O=C(NCCCOCCO)c1ccc2ccccc2c1O. The fourth-order valence-electron chi connectivity index (χ4n) is 2.08. The van der Waals surface area contributed by atoms with Gasteiger partial charge in [0.25, 0.3) is 5.91 Å². The van der Waals surface area contributed by atoms with Crippen molar-refractivity contribution >= 4 is 16.7 Å². The molecule has 5 nitrogen and oxygen atoms in total. The van der Waals surface area contributed by atoms with Crippen molar-refractivity contribution < 1.29 is 19.7 Å². The van der Waals surface area contributed by atoms with Gasteiger partial charge in [-0.05, 0) is 17.9 Å². The van der Waals surface area contributed by atoms with Crippen molar-refractivity contribution in [3.05, 3.63) is 42.0 Å². The maximum Gasteiger partial charge on any atom is 0.255 e. The third-order valence-corrected chi connectivity index (χ3v) is 3.13. The minimum absolute atomic E-state index is 0.00197. The second-order valence-electron chi connectivity index (χ2n) is 4.63. The molecule has 0 aliphatic carbocycles. The highest BCUT2D eigenvalue weighted by atomic mass is 16.5. The largest absolute Gasteiger partial charge is 0.506 e. The fourth-order valence-corrected chi connectivity index (χ4v) is 2.08. The molecule has 0 heterocycles. The molecule has 21 heavy (non-hydrogen) atoms. The van der Waals surface area contributed by atoms with E-state index in [9.17, 15) is 9.90 Å². The van der Waals surface area contributed by atoms with Crippen molar-refractivity contribution in [3.63, 3.8) is 0 Å². The van der Waals surface area contributed by atoms with Gasteiger partial charge in [-0.1, -0.05) is 30.3 Å². The maximum absolute atomic E-state index is 12.0. The van der Waals surface area contributed by atoms with Crippen LogP contribution in [0, 0.1) is 0 Å².